The molecule has 0 amide bonds. The van der Waals surface area contributed by atoms with Crippen LogP contribution in [0.2, 0.25) is 0 Å². The van der Waals surface area contributed by atoms with Crippen LogP contribution in [0.5, 0.6) is 5.75 Å². The van der Waals surface area contributed by atoms with Gasteiger partial charge in [0.05, 0.1) is 30.6 Å². The van der Waals surface area contributed by atoms with Crippen LogP contribution in [0.1, 0.15) is 48.9 Å². The average Bonchev–Trinajstić information content (AvgIpc) is 3.39. The summed E-state index contributed by atoms with van der Waals surface area (Å²) in [4.78, 5) is 8.69. The predicted octanol–water partition coefficient (Wildman–Crippen LogP) is 7.05. The maximum atomic E-state index is 13.6. The molecule has 0 saturated heterocycles. The Morgan fingerprint density at radius 3 is 2.53 bits per heavy atom. The Balaban J connectivity index is 1.58. The topological polar surface area (TPSA) is 80.9 Å². The number of rotatable bonds is 15. The predicted molar refractivity (Wildman–Crippen MR) is 141 cm³/mol. The Kier molecular flexibility index (Phi) is 11.5. The van der Waals surface area contributed by atoms with Crippen LogP contribution < -0.4 is 10.1 Å². The molecule has 0 aliphatic carbocycles. The molecule has 2 aromatic carbocycles. The lowest BCUT2D eigenvalue weighted by molar-refractivity contribution is -0.138. The summed E-state index contributed by atoms with van der Waals surface area (Å²) in [5.74, 6) is 1.42. The molecule has 10 heteroatoms. The third-order valence-corrected chi connectivity index (χ3v) is 6.31. The van der Waals surface area contributed by atoms with E-state index >= 15 is 0 Å². The molecule has 1 unspecified atom stereocenters. The van der Waals surface area contributed by atoms with Gasteiger partial charge in [0.2, 0.25) is 0 Å². The number of benzene rings is 2. The van der Waals surface area contributed by atoms with Gasteiger partial charge >= 0.3 is 14.4 Å². The third-order valence-electron chi connectivity index (χ3n) is 5.86. The first-order chi connectivity index (χ1) is 18.1. The summed E-state index contributed by atoms with van der Waals surface area (Å²) in [6.45, 7) is 5.58. The molecule has 0 bridgehead atoms. The van der Waals surface area contributed by atoms with Gasteiger partial charge < -0.3 is 23.9 Å². The first-order valence-corrected chi connectivity index (χ1v) is 13.9. The minimum atomic E-state index is -4.38. The van der Waals surface area contributed by atoms with Gasteiger partial charge in [-0.3, -0.25) is 4.57 Å². The molecular formula is C28H35F3NO5P. The van der Waals surface area contributed by atoms with E-state index in [1.54, 1.807) is 24.5 Å². The molecule has 0 saturated carbocycles. The van der Waals surface area contributed by atoms with Crippen LogP contribution in [0.4, 0.5) is 13.2 Å². The molecule has 0 aliphatic rings. The highest BCUT2D eigenvalue weighted by Gasteiger charge is 2.33. The SMILES string of the molecule is CC(C)Cc1ccc(CCCOc2ccc(CNCCCO[PH](=O)O)cc2-c2ccco2)cc1C(F)(F)F. The fourth-order valence-electron chi connectivity index (χ4n) is 4.15. The molecule has 0 radical (unpaired) electrons. The van der Waals surface area contributed by atoms with Crippen LogP contribution in [0.25, 0.3) is 11.3 Å². The van der Waals surface area contributed by atoms with Crippen molar-refractivity contribution in [1.29, 1.82) is 0 Å². The van der Waals surface area contributed by atoms with E-state index in [9.17, 15) is 17.7 Å². The van der Waals surface area contributed by atoms with E-state index in [0.29, 0.717) is 68.0 Å². The zero-order valence-electron chi connectivity index (χ0n) is 21.6. The highest BCUT2D eigenvalue weighted by Crippen LogP contribution is 2.34. The summed E-state index contributed by atoms with van der Waals surface area (Å²) in [6.07, 6.45) is -0.770. The second-order valence-corrected chi connectivity index (χ2v) is 10.3. The van der Waals surface area contributed by atoms with Gasteiger partial charge in [0, 0.05) is 6.54 Å². The maximum absolute atomic E-state index is 13.6. The third kappa shape index (κ3) is 9.62. The van der Waals surface area contributed by atoms with Gasteiger partial charge in [-0.05, 0) is 85.2 Å². The molecule has 1 heterocycles. The number of alkyl halides is 3. The van der Waals surface area contributed by atoms with E-state index in [1.165, 1.54) is 6.07 Å². The average molecular weight is 554 g/mol. The number of nitrogens with one attached hydrogen (secondary N) is 1. The second-order valence-electron chi connectivity index (χ2n) is 9.49. The first-order valence-electron chi connectivity index (χ1n) is 12.7. The van der Waals surface area contributed by atoms with E-state index in [1.807, 2.05) is 38.1 Å². The normalized spacial score (nSPS) is 12.7. The Morgan fingerprint density at radius 2 is 1.84 bits per heavy atom. The zero-order valence-corrected chi connectivity index (χ0v) is 22.6. The molecule has 38 heavy (non-hydrogen) atoms. The van der Waals surface area contributed by atoms with Crippen molar-refractivity contribution in [1.82, 2.24) is 5.32 Å². The summed E-state index contributed by atoms with van der Waals surface area (Å²) >= 11 is 0. The van der Waals surface area contributed by atoms with Crippen molar-refractivity contribution in [3.63, 3.8) is 0 Å². The van der Waals surface area contributed by atoms with Crippen molar-refractivity contribution in [2.75, 3.05) is 19.8 Å². The highest BCUT2D eigenvalue weighted by atomic mass is 31.1. The molecule has 1 atom stereocenters. The fraction of sp³-hybridized carbons (Fsp3) is 0.429. The zero-order chi connectivity index (χ0) is 27.5. The number of furan rings is 1. The molecule has 1 aromatic heterocycles. The molecule has 2 N–H and O–H groups in total. The van der Waals surface area contributed by atoms with Crippen molar-refractivity contribution in [3.05, 3.63) is 77.0 Å². The molecule has 208 valence electrons. The van der Waals surface area contributed by atoms with E-state index in [-0.39, 0.29) is 12.5 Å². The lowest BCUT2D eigenvalue weighted by Crippen LogP contribution is -2.16. The van der Waals surface area contributed by atoms with Crippen LogP contribution in [-0.2, 0) is 34.7 Å². The lowest BCUT2D eigenvalue weighted by atomic mass is 9.95. The Bertz CT molecular complexity index is 1170. The van der Waals surface area contributed by atoms with Gasteiger partial charge in [-0.1, -0.05) is 32.0 Å². The van der Waals surface area contributed by atoms with Gasteiger partial charge in [-0.15, -0.1) is 0 Å². The van der Waals surface area contributed by atoms with E-state index in [0.717, 1.165) is 11.1 Å². The summed E-state index contributed by atoms with van der Waals surface area (Å²) in [5, 5.41) is 3.26. The van der Waals surface area contributed by atoms with Crippen molar-refractivity contribution in [3.8, 4) is 17.1 Å². The molecule has 6 nitrogen and oxygen atoms in total. The van der Waals surface area contributed by atoms with Gasteiger partial charge in [0.15, 0.2) is 0 Å². The summed E-state index contributed by atoms with van der Waals surface area (Å²) in [6, 6.07) is 14.0. The van der Waals surface area contributed by atoms with Crippen LogP contribution >= 0.6 is 8.25 Å². The van der Waals surface area contributed by atoms with Crippen molar-refractivity contribution in [2.45, 2.75) is 52.3 Å². The Labute approximate surface area is 222 Å². The summed E-state index contributed by atoms with van der Waals surface area (Å²) < 4.78 is 67.6. The standard InChI is InChI=1S/C28H35F3NO5P/c1-20(2)16-23-10-8-21(18-25(23)28(29,30)31)6-3-13-36-27-11-9-22(17-24(27)26-7-4-14-35-26)19-32-12-5-15-37-38(33)34/h4,7-11,14,17-18,20,32,38H,3,5-6,12-13,15-16,19H2,1-2H3,(H,33,34). The number of hydrogen-bond donors (Lipinski definition) is 2. The molecule has 3 rings (SSSR count). The van der Waals surface area contributed by atoms with Crippen molar-refractivity contribution in [2.24, 2.45) is 5.92 Å². The highest BCUT2D eigenvalue weighted by molar-refractivity contribution is 7.32. The van der Waals surface area contributed by atoms with E-state index in [2.05, 4.69) is 9.84 Å². The van der Waals surface area contributed by atoms with Crippen LogP contribution in [0, 0.1) is 5.92 Å². The quantitative estimate of drug-likeness (QED) is 0.155. The monoisotopic (exact) mass is 553 g/mol. The molecule has 0 spiro atoms. The summed E-state index contributed by atoms with van der Waals surface area (Å²) in [5.41, 5.74) is 2.21. The van der Waals surface area contributed by atoms with Crippen LogP contribution in [0.15, 0.2) is 59.2 Å². The molecular weight excluding hydrogens is 518 g/mol. The van der Waals surface area contributed by atoms with Crippen molar-refractivity contribution < 1.29 is 36.3 Å². The lowest BCUT2D eigenvalue weighted by Gasteiger charge is -2.16. The van der Waals surface area contributed by atoms with Gasteiger partial charge in [0.25, 0.3) is 0 Å². The molecule has 0 fully saturated rings. The number of hydrogen-bond acceptors (Lipinski definition) is 5. The maximum Gasteiger partial charge on any atom is 0.416 e. The smallest absolute Gasteiger partial charge is 0.416 e. The van der Waals surface area contributed by atoms with Gasteiger partial charge in [-0.25, -0.2) is 0 Å². The Hall–Kier alpha value is -2.58. The van der Waals surface area contributed by atoms with Crippen molar-refractivity contribution >= 4 is 8.25 Å². The second kappa shape index (κ2) is 14.5. The molecule has 3 aromatic rings. The number of ether oxygens (including phenoxy) is 1. The van der Waals surface area contributed by atoms with Crippen LogP contribution in [-0.4, -0.2) is 24.7 Å². The van der Waals surface area contributed by atoms with Gasteiger partial charge in [0.1, 0.15) is 11.5 Å². The first kappa shape index (κ1) is 30.0. The van der Waals surface area contributed by atoms with Crippen LogP contribution in [0.3, 0.4) is 0 Å². The molecule has 0 aliphatic heterocycles. The number of aryl methyl sites for hydroxylation is 1. The van der Waals surface area contributed by atoms with E-state index < -0.39 is 20.0 Å². The Morgan fingerprint density at radius 1 is 1.05 bits per heavy atom. The summed E-state index contributed by atoms with van der Waals surface area (Å²) in [7, 11) is -2.89. The van der Waals surface area contributed by atoms with Gasteiger partial charge in [-0.2, -0.15) is 13.2 Å². The minimum Gasteiger partial charge on any atom is -0.493 e. The fourth-order valence-corrected chi connectivity index (χ4v) is 4.46. The minimum absolute atomic E-state index is 0.140. The number of halogens is 3. The largest absolute Gasteiger partial charge is 0.493 e. The van der Waals surface area contributed by atoms with E-state index in [4.69, 9.17) is 14.0 Å².